The summed E-state index contributed by atoms with van der Waals surface area (Å²) in [7, 11) is 0. The summed E-state index contributed by atoms with van der Waals surface area (Å²) in [5, 5.41) is 16.8. The van der Waals surface area contributed by atoms with Crippen molar-refractivity contribution in [1.29, 1.82) is 0 Å². The molecule has 0 aromatic heterocycles. The number of hydrogen-bond acceptors (Lipinski definition) is 7. The number of carbonyl (C=O) groups excluding carboxylic acids is 3. The van der Waals surface area contributed by atoms with Gasteiger partial charge in [-0.05, 0) is 18.2 Å². The summed E-state index contributed by atoms with van der Waals surface area (Å²) in [6, 6.07) is 12.4. The number of nitrogens with zero attached hydrogens (tertiary/aromatic N) is 4. The summed E-state index contributed by atoms with van der Waals surface area (Å²) in [6.07, 6.45) is 5.00. The van der Waals surface area contributed by atoms with E-state index in [9.17, 15) is 24.5 Å². The van der Waals surface area contributed by atoms with Crippen molar-refractivity contribution in [3.63, 3.8) is 0 Å². The second-order valence-corrected chi connectivity index (χ2v) is 7.53. The topological polar surface area (TPSA) is 113 Å². The summed E-state index contributed by atoms with van der Waals surface area (Å²) in [6.45, 7) is 0. The highest BCUT2D eigenvalue weighted by Crippen LogP contribution is 2.46. The molecule has 0 saturated carbocycles. The van der Waals surface area contributed by atoms with Gasteiger partial charge in [0.25, 0.3) is 5.69 Å². The standard InChI is InChI=1S/C22H16N4O5/c27-20(13-5-2-1-3-6-13)19-18-17(16-7-4-12-23-25(16)19)21(28)24(22(18)29)14-8-10-15(11-9-14)26(30)31/h1-12,16-19H/t16-,17-,18-,19-/m1/s1. The van der Waals surface area contributed by atoms with Gasteiger partial charge in [0.1, 0.15) is 6.04 Å². The molecule has 0 bridgehead atoms. The van der Waals surface area contributed by atoms with E-state index < -0.39 is 40.7 Å². The molecule has 0 N–H and O–H groups in total. The highest BCUT2D eigenvalue weighted by Gasteiger charge is 2.64. The Labute approximate surface area is 176 Å². The van der Waals surface area contributed by atoms with Gasteiger partial charge < -0.3 is 0 Å². The number of nitro benzene ring substituents is 1. The number of non-ortho nitro benzene ring substituents is 1. The lowest BCUT2D eigenvalue weighted by atomic mass is 9.86. The van der Waals surface area contributed by atoms with E-state index in [-0.39, 0.29) is 17.2 Å². The third kappa shape index (κ3) is 2.77. The lowest BCUT2D eigenvalue weighted by Crippen LogP contribution is -2.46. The lowest BCUT2D eigenvalue weighted by molar-refractivity contribution is -0.384. The molecule has 2 aromatic rings. The van der Waals surface area contributed by atoms with Gasteiger partial charge >= 0.3 is 0 Å². The number of rotatable bonds is 4. The number of fused-ring (bicyclic) bond motifs is 3. The summed E-state index contributed by atoms with van der Waals surface area (Å²) in [5.41, 5.74) is 0.539. The Balaban J connectivity index is 1.55. The van der Waals surface area contributed by atoms with Crippen molar-refractivity contribution < 1.29 is 19.3 Å². The van der Waals surface area contributed by atoms with E-state index in [0.29, 0.717) is 5.56 Å². The average Bonchev–Trinajstić information content (AvgIpc) is 3.27. The fourth-order valence-corrected chi connectivity index (χ4v) is 4.59. The van der Waals surface area contributed by atoms with Gasteiger partial charge in [-0.25, -0.2) is 4.90 Å². The largest absolute Gasteiger partial charge is 0.292 e. The van der Waals surface area contributed by atoms with Crippen LogP contribution in [0.4, 0.5) is 11.4 Å². The van der Waals surface area contributed by atoms with Crippen LogP contribution in [0.3, 0.4) is 0 Å². The number of benzene rings is 2. The maximum atomic E-state index is 13.4. The van der Waals surface area contributed by atoms with Gasteiger partial charge in [-0.3, -0.25) is 29.5 Å². The number of amides is 2. The SMILES string of the molecule is O=C(c1ccccc1)[C@H]1[C@@H]2C(=O)N(c3ccc([N+](=O)[O-])cc3)C(=O)[C@@H]2[C@H]2C=CC=NN21. The van der Waals surface area contributed by atoms with Crippen LogP contribution >= 0.6 is 0 Å². The molecule has 2 fully saturated rings. The zero-order chi connectivity index (χ0) is 21.7. The summed E-state index contributed by atoms with van der Waals surface area (Å²) in [4.78, 5) is 51.5. The van der Waals surface area contributed by atoms with Crippen LogP contribution < -0.4 is 4.90 Å². The first-order valence-corrected chi connectivity index (χ1v) is 9.69. The zero-order valence-electron chi connectivity index (χ0n) is 16.1. The molecule has 154 valence electrons. The number of carbonyl (C=O) groups is 3. The van der Waals surface area contributed by atoms with Crippen molar-refractivity contribution in [1.82, 2.24) is 5.01 Å². The second-order valence-electron chi connectivity index (χ2n) is 7.53. The molecular formula is C22H16N4O5. The summed E-state index contributed by atoms with van der Waals surface area (Å²) in [5.74, 6) is -2.90. The first-order chi connectivity index (χ1) is 15.0. The smallest absolute Gasteiger partial charge is 0.269 e. The third-order valence-electron chi connectivity index (χ3n) is 5.94. The maximum Gasteiger partial charge on any atom is 0.269 e. The Hall–Kier alpha value is -4.14. The Morgan fingerprint density at radius 1 is 0.968 bits per heavy atom. The highest BCUT2D eigenvalue weighted by molar-refractivity contribution is 6.24. The molecule has 2 aromatic carbocycles. The number of allylic oxidation sites excluding steroid dienone is 1. The molecule has 31 heavy (non-hydrogen) atoms. The van der Waals surface area contributed by atoms with Crippen molar-refractivity contribution >= 4 is 35.2 Å². The quantitative estimate of drug-likeness (QED) is 0.327. The Morgan fingerprint density at radius 3 is 2.32 bits per heavy atom. The number of hydrogen-bond donors (Lipinski definition) is 0. The first kappa shape index (κ1) is 18.9. The molecule has 2 saturated heterocycles. The molecule has 0 aliphatic carbocycles. The maximum absolute atomic E-state index is 13.4. The third-order valence-corrected chi connectivity index (χ3v) is 5.94. The van der Waals surface area contributed by atoms with E-state index in [0.717, 1.165) is 4.90 Å². The number of ketones is 1. The summed E-state index contributed by atoms with van der Waals surface area (Å²) < 4.78 is 0. The predicted molar refractivity (Wildman–Crippen MR) is 110 cm³/mol. The van der Waals surface area contributed by atoms with Gasteiger partial charge in [-0.15, -0.1) is 0 Å². The molecule has 2 amide bonds. The van der Waals surface area contributed by atoms with Crippen molar-refractivity contribution in [3.05, 3.63) is 82.4 Å². The van der Waals surface area contributed by atoms with Gasteiger partial charge in [0, 0.05) is 23.9 Å². The average molecular weight is 416 g/mol. The van der Waals surface area contributed by atoms with Crippen LogP contribution in [-0.4, -0.2) is 45.8 Å². The molecule has 3 heterocycles. The fourth-order valence-electron chi connectivity index (χ4n) is 4.59. The van der Waals surface area contributed by atoms with Crippen LogP contribution in [0, 0.1) is 22.0 Å². The van der Waals surface area contributed by atoms with Crippen molar-refractivity contribution in [2.75, 3.05) is 4.90 Å². The Bertz CT molecular complexity index is 1160. The van der Waals surface area contributed by atoms with Crippen LogP contribution in [0.5, 0.6) is 0 Å². The van der Waals surface area contributed by atoms with Crippen LogP contribution in [0.25, 0.3) is 0 Å². The minimum atomic E-state index is -0.918. The molecular weight excluding hydrogens is 400 g/mol. The van der Waals surface area contributed by atoms with Crippen LogP contribution in [0.2, 0.25) is 0 Å². The zero-order valence-corrected chi connectivity index (χ0v) is 16.1. The van der Waals surface area contributed by atoms with E-state index in [2.05, 4.69) is 5.10 Å². The lowest BCUT2D eigenvalue weighted by Gasteiger charge is -2.30. The van der Waals surface area contributed by atoms with Gasteiger partial charge in [0.05, 0.1) is 28.5 Å². The fraction of sp³-hybridized carbons (Fsp3) is 0.182. The molecule has 5 rings (SSSR count). The van der Waals surface area contributed by atoms with E-state index >= 15 is 0 Å². The molecule has 0 spiro atoms. The molecule has 9 nitrogen and oxygen atoms in total. The van der Waals surface area contributed by atoms with Gasteiger partial charge in [-0.2, -0.15) is 5.10 Å². The number of hydrazone groups is 1. The van der Waals surface area contributed by atoms with Crippen LogP contribution in [-0.2, 0) is 9.59 Å². The second kappa shape index (κ2) is 6.98. The normalized spacial score (nSPS) is 26.2. The number of anilines is 1. The molecule has 3 aliphatic heterocycles. The van der Waals surface area contributed by atoms with Crippen molar-refractivity contribution in [3.8, 4) is 0 Å². The van der Waals surface area contributed by atoms with Gasteiger partial charge in [0.15, 0.2) is 5.78 Å². The number of imide groups is 1. The molecule has 4 atom stereocenters. The monoisotopic (exact) mass is 416 g/mol. The van der Waals surface area contributed by atoms with Gasteiger partial charge in [-0.1, -0.05) is 36.4 Å². The number of Topliss-reactive ketones (excluding diaryl/α,β-unsaturated/α-hetero) is 1. The molecule has 0 radical (unpaired) electrons. The van der Waals surface area contributed by atoms with Crippen LogP contribution in [0.15, 0.2) is 71.9 Å². The van der Waals surface area contributed by atoms with Crippen molar-refractivity contribution in [2.24, 2.45) is 16.9 Å². The molecule has 9 heteroatoms. The Kier molecular flexibility index (Phi) is 4.25. The highest BCUT2D eigenvalue weighted by atomic mass is 16.6. The number of nitro groups is 1. The van der Waals surface area contributed by atoms with Crippen molar-refractivity contribution in [2.45, 2.75) is 12.1 Å². The Morgan fingerprint density at radius 2 is 1.65 bits per heavy atom. The predicted octanol–water partition coefficient (Wildman–Crippen LogP) is 2.19. The summed E-state index contributed by atoms with van der Waals surface area (Å²) >= 11 is 0. The van der Waals surface area contributed by atoms with Gasteiger partial charge in [0.2, 0.25) is 11.8 Å². The molecule has 0 unspecified atom stereocenters. The first-order valence-electron chi connectivity index (χ1n) is 9.69. The van der Waals surface area contributed by atoms with E-state index in [1.807, 2.05) is 0 Å². The molecule has 3 aliphatic rings. The van der Waals surface area contributed by atoms with E-state index in [1.54, 1.807) is 47.5 Å². The van der Waals surface area contributed by atoms with Crippen LogP contribution in [0.1, 0.15) is 10.4 Å². The minimum Gasteiger partial charge on any atom is -0.292 e. The van der Waals surface area contributed by atoms with E-state index in [1.165, 1.54) is 30.5 Å². The minimum absolute atomic E-state index is 0.143. The van der Waals surface area contributed by atoms with E-state index in [4.69, 9.17) is 0 Å².